The quantitative estimate of drug-likeness (QED) is 0.432. The Hall–Kier alpha value is -2.37. The minimum Gasteiger partial charge on any atom is -0.508 e. The zero-order chi connectivity index (χ0) is 19.0. The van der Waals surface area contributed by atoms with Gasteiger partial charge in [-0.25, -0.2) is 0 Å². The number of ketones is 1. The van der Waals surface area contributed by atoms with Crippen LogP contribution in [0.15, 0.2) is 81.2 Å². The van der Waals surface area contributed by atoms with Crippen LogP contribution in [0.5, 0.6) is 11.5 Å². The van der Waals surface area contributed by atoms with E-state index in [1.54, 1.807) is 6.07 Å². The fourth-order valence-corrected chi connectivity index (χ4v) is 3.56. The molecule has 0 spiro atoms. The number of hydrogen-bond donors (Lipinski definition) is 1. The van der Waals surface area contributed by atoms with Gasteiger partial charge >= 0.3 is 0 Å². The lowest BCUT2D eigenvalue weighted by Gasteiger charge is -2.28. The highest BCUT2D eigenvalue weighted by atomic mass is 79.9. The number of halogens is 2. The molecule has 3 nitrogen and oxygen atoms in total. The molecular weight excluding hydrogens is 472 g/mol. The molecule has 1 aliphatic rings. The number of carbonyl (C=O) groups excluding carboxylic acids is 1. The molecule has 5 heteroatoms. The maximum atomic E-state index is 13.2. The van der Waals surface area contributed by atoms with Gasteiger partial charge in [0, 0.05) is 14.5 Å². The van der Waals surface area contributed by atoms with Crippen molar-refractivity contribution in [3.05, 3.63) is 97.9 Å². The molecule has 0 aliphatic carbocycles. The van der Waals surface area contributed by atoms with Gasteiger partial charge in [0.15, 0.2) is 11.9 Å². The predicted molar refractivity (Wildman–Crippen MR) is 112 cm³/mol. The van der Waals surface area contributed by atoms with Gasteiger partial charge in [-0.15, -0.1) is 0 Å². The summed E-state index contributed by atoms with van der Waals surface area (Å²) in [6.45, 7) is 0. The maximum absolute atomic E-state index is 13.2. The van der Waals surface area contributed by atoms with Crippen LogP contribution < -0.4 is 4.74 Å². The topological polar surface area (TPSA) is 46.5 Å². The number of carbonyl (C=O) groups is 1. The molecule has 3 aromatic carbocycles. The molecule has 4 rings (SSSR count). The molecule has 0 fully saturated rings. The lowest BCUT2D eigenvalue weighted by atomic mass is 9.89. The normalized spacial score (nSPS) is 17.5. The molecule has 1 atom stereocenters. The summed E-state index contributed by atoms with van der Waals surface area (Å²) in [6.07, 6.45) is 1.32. The lowest BCUT2D eigenvalue weighted by Crippen LogP contribution is -2.23. The minimum atomic E-state index is -0.522. The van der Waals surface area contributed by atoms with Crippen LogP contribution in [-0.2, 0) is 0 Å². The van der Waals surface area contributed by atoms with Crippen molar-refractivity contribution in [3.8, 4) is 11.5 Å². The van der Waals surface area contributed by atoms with Gasteiger partial charge in [0.1, 0.15) is 11.5 Å². The summed E-state index contributed by atoms with van der Waals surface area (Å²) >= 11 is 6.86. The van der Waals surface area contributed by atoms with Gasteiger partial charge in [-0.3, -0.25) is 4.79 Å². The molecule has 1 aliphatic heterocycles. The van der Waals surface area contributed by atoms with E-state index in [1.807, 2.05) is 54.6 Å². The molecule has 0 aromatic heterocycles. The van der Waals surface area contributed by atoms with Crippen LogP contribution in [0.3, 0.4) is 0 Å². The summed E-state index contributed by atoms with van der Waals surface area (Å²) in [5.74, 6) is 0.359. The van der Waals surface area contributed by atoms with Crippen LogP contribution in [0.1, 0.15) is 27.6 Å². The summed E-state index contributed by atoms with van der Waals surface area (Å²) in [4.78, 5) is 13.2. The van der Waals surface area contributed by atoms with Crippen molar-refractivity contribution < 1.29 is 14.6 Å². The molecule has 3 aromatic rings. The summed E-state index contributed by atoms with van der Waals surface area (Å²) in [5.41, 5.74) is 2.67. The van der Waals surface area contributed by atoms with Crippen molar-refractivity contribution >= 4 is 43.7 Å². The first-order valence-electron chi connectivity index (χ1n) is 8.28. The predicted octanol–water partition coefficient (Wildman–Crippen LogP) is 6.32. The van der Waals surface area contributed by atoms with E-state index in [2.05, 4.69) is 31.9 Å². The monoisotopic (exact) mass is 484 g/mol. The first kappa shape index (κ1) is 18.0. The molecule has 0 radical (unpaired) electrons. The van der Waals surface area contributed by atoms with Crippen molar-refractivity contribution in [1.82, 2.24) is 0 Å². The average molecular weight is 486 g/mol. The average Bonchev–Trinajstić information content (AvgIpc) is 2.67. The fraction of sp³-hybridized carbons (Fsp3) is 0.0455. The van der Waals surface area contributed by atoms with E-state index in [4.69, 9.17) is 4.74 Å². The highest BCUT2D eigenvalue weighted by molar-refractivity contribution is 9.10. The number of fused-ring (bicyclic) bond motifs is 1. The molecule has 1 N–H and O–H groups in total. The molecule has 134 valence electrons. The number of ether oxygens (including phenoxy) is 1. The van der Waals surface area contributed by atoms with Gasteiger partial charge in [-0.05, 0) is 59.7 Å². The SMILES string of the molecule is O=C1C(=Cc2ccc(Br)cc2)C(c2ccc(Br)cc2)Oc2ccc(O)cc21. The van der Waals surface area contributed by atoms with E-state index >= 15 is 0 Å². The van der Waals surface area contributed by atoms with Crippen LogP contribution in [-0.4, -0.2) is 10.9 Å². The first-order chi connectivity index (χ1) is 13.0. The van der Waals surface area contributed by atoms with E-state index in [0.29, 0.717) is 16.9 Å². The van der Waals surface area contributed by atoms with Crippen molar-refractivity contribution in [3.63, 3.8) is 0 Å². The summed E-state index contributed by atoms with van der Waals surface area (Å²) in [5, 5.41) is 9.79. The molecule has 27 heavy (non-hydrogen) atoms. The van der Waals surface area contributed by atoms with Crippen molar-refractivity contribution in [2.75, 3.05) is 0 Å². The van der Waals surface area contributed by atoms with Gasteiger partial charge in [-0.1, -0.05) is 56.1 Å². The molecule has 0 saturated heterocycles. The van der Waals surface area contributed by atoms with Gasteiger partial charge in [0.05, 0.1) is 5.56 Å². The van der Waals surface area contributed by atoms with E-state index in [0.717, 1.165) is 20.1 Å². The Morgan fingerprint density at radius 3 is 2.19 bits per heavy atom. The minimum absolute atomic E-state index is 0.0378. The Morgan fingerprint density at radius 1 is 0.889 bits per heavy atom. The molecule has 0 bridgehead atoms. The van der Waals surface area contributed by atoms with E-state index in [-0.39, 0.29) is 11.5 Å². The number of benzene rings is 3. The van der Waals surface area contributed by atoms with E-state index < -0.39 is 6.10 Å². The fourth-order valence-electron chi connectivity index (χ4n) is 3.03. The Labute approximate surface area is 173 Å². The third-order valence-corrected chi connectivity index (χ3v) is 5.42. The Kier molecular flexibility index (Phi) is 4.89. The first-order valence-corrected chi connectivity index (χ1v) is 9.87. The molecular formula is C22H14Br2O3. The molecule has 0 amide bonds. The second-order valence-electron chi connectivity index (χ2n) is 6.21. The zero-order valence-electron chi connectivity index (χ0n) is 14.0. The van der Waals surface area contributed by atoms with E-state index in [1.165, 1.54) is 12.1 Å². The van der Waals surface area contributed by atoms with E-state index in [9.17, 15) is 9.90 Å². The smallest absolute Gasteiger partial charge is 0.196 e. The van der Waals surface area contributed by atoms with Crippen molar-refractivity contribution in [2.45, 2.75) is 6.10 Å². The van der Waals surface area contributed by atoms with Gasteiger partial charge in [0.25, 0.3) is 0 Å². The zero-order valence-corrected chi connectivity index (χ0v) is 17.2. The van der Waals surface area contributed by atoms with Crippen LogP contribution >= 0.6 is 31.9 Å². The highest BCUT2D eigenvalue weighted by Gasteiger charge is 2.33. The van der Waals surface area contributed by atoms with Gasteiger partial charge in [0.2, 0.25) is 0 Å². The Bertz CT molecular complexity index is 1040. The van der Waals surface area contributed by atoms with Crippen LogP contribution in [0.2, 0.25) is 0 Å². The van der Waals surface area contributed by atoms with Crippen LogP contribution in [0.25, 0.3) is 6.08 Å². The van der Waals surface area contributed by atoms with Crippen LogP contribution in [0.4, 0.5) is 0 Å². The third kappa shape index (κ3) is 3.70. The highest BCUT2D eigenvalue weighted by Crippen LogP contribution is 2.40. The standard InChI is InChI=1S/C22H14Br2O3/c23-15-5-1-13(2-6-15)11-19-21(26)18-12-17(25)9-10-20(18)27-22(19)14-3-7-16(24)8-4-14/h1-12,22,25H. The summed E-state index contributed by atoms with van der Waals surface area (Å²) in [6, 6.07) is 20.0. The van der Waals surface area contributed by atoms with Crippen molar-refractivity contribution in [1.29, 1.82) is 0 Å². The lowest BCUT2D eigenvalue weighted by molar-refractivity contribution is 0.0963. The third-order valence-electron chi connectivity index (χ3n) is 4.36. The maximum Gasteiger partial charge on any atom is 0.196 e. The molecule has 1 unspecified atom stereocenters. The van der Waals surface area contributed by atoms with Crippen LogP contribution in [0, 0.1) is 0 Å². The van der Waals surface area contributed by atoms with Crippen molar-refractivity contribution in [2.24, 2.45) is 0 Å². The number of hydrogen-bond acceptors (Lipinski definition) is 3. The van der Waals surface area contributed by atoms with Gasteiger partial charge < -0.3 is 9.84 Å². The number of rotatable bonds is 2. The second-order valence-corrected chi connectivity index (χ2v) is 8.04. The molecule has 1 heterocycles. The number of phenols is 1. The van der Waals surface area contributed by atoms with Gasteiger partial charge in [-0.2, -0.15) is 0 Å². The Balaban J connectivity index is 1.85. The Morgan fingerprint density at radius 2 is 1.52 bits per heavy atom. The summed E-state index contributed by atoms with van der Waals surface area (Å²) in [7, 11) is 0. The molecule has 0 saturated carbocycles. The number of aromatic hydroxyl groups is 1. The summed E-state index contributed by atoms with van der Waals surface area (Å²) < 4.78 is 8.09. The number of Topliss-reactive ketones (excluding diaryl/α,β-unsaturated/α-hetero) is 1. The largest absolute Gasteiger partial charge is 0.508 e. The second kappa shape index (κ2) is 7.33. The number of phenolic OH excluding ortho intramolecular Hbond substituents is 1.